The van der Waals surface area contributed by atoms with Crippen molar-refractivity contribution in [2.24, 2.45) is 0 Å². The fourth-order valence-corrected chi connectivity index (χ4v) is 3.11. The zero-order valence-electron chi connectivity index (χ0n) is 15.3. The lowest BCUT2D eigenvalue weighted by molar-refractivity contribution is -0.115. The molecular formula is C20H16ClN5O3. The number of fused-ring (bicyclic) bond motifs is 1. The summed E-state index contributed by atoms with van der Waals surface area (Å²) >= 11 is 6.00. The van der Waals surface area contributed by atoms with E-state index in [4.69, 9.17) is 16.3 Å². The Morgan fingerprint density at radius 1 is 1.21 bits per heavy atom. The quantitative estimate of drug-likeness (QED) is 0.527. The van der Waals surface area contributed by atoms with Gasteiger partial charge in [0.2, 0.25) is 5.91 Å². The molecule has 8 nitrogen and oxygen atoms in total. The second-order valence-corrected chi connectivity index (χ2v) is 6.67. The molecule has 0 aliphatic heterocycles. The zero-order chi connectivity index (χ0) is 20.4. The highest BCUT2D eigenvalue weighted by Gasteiger charge is 2.16. The number of nitrogens with one attached hydrogen (secondary N) is 2. The van der Waals surface area contributed by atoms with Crippen LogP contribution in [0.15, 0.2) is 59.4 Å². The highest BCUT2D eigenvalue weighted by atomic mass is 35.5. The molecule has 4 rings (SSSR count). The summed E-state index contributed by atoms with van der Waals surface area (Å²) in [6, 6.07) is 16.0. The third kappa shape index (κ3) is 3.83. The summed E-state index contributed by atoms with van der Waals surface area (Å²) in [5.41, 5.74) is 1.83. The Labute approximate surface area is 170 Å². The average Bonchev–Trinajstić information content (AvgIpc) is 3.18. The third-order valence-corrected chi connectivity index (χ3v) is 4.53. The van der Waals surface area contributed by atoms with Crippen LogP contribution in [-0.2, 0) is 11.2 Å². The molecule has 0 spiro atoms. The molecule has 29 heavy (non-hydrogen) atoms. The van der Waals surface area contributed by atoms with Gasteiger partial charge in [-0.05, 0) is 24.3 Å². The number of rotatable bonds is 5. The number of methoxy groups -OCH3 is 1. The van der Waals surface area contributed by atoms with Gasteiger partial charge in [0.1, 0.15) is 11.3 Å². The molecule has 0 aliphatic carbocycles. The standard InChI is InChI=1S/C20H16ClN5O3/c1-29-17-8-7-13(21)9-15(17)22-19(27)11-18-23-24-20(28)16-10-14(25-26(16)18)12-5-3-2-4-6-12/h2-10H,11H2,1H3,(H,22,27)(H,24,28). The lowest BCUT2D eigenvalue weighted by atomic mass is 10.1. The van der Waals surface area contributed by atoms with Crippen LogP contribution in [0.2, 0.25) is 5.02 Å². The number of anilines is 1. The minimum absolute atomic E-state index is 0.112. The Morgan fingerprint density at radius 2 is 2.00 bits per heavy atom. The summed E-state index contributed by atoms with van der Waals surface area (Å²) in [4.78, 5) is 24.7. The fourth-order valence-electron chi connectivity index (χ4n) is 2.94. The van der Waals surface area contributed by atoms with Crippen molar-refractivity contribution in [1.82, 2.24) is 19.8 Å². The van der Waals surface area contributed by atoms with Crippen molar-refractivity contribution in [1.29, 1.82) is 0 Å². The molecule has 0 saturated heterocycles. The zero-order valence-corrected chi connectivity index (χ0v) is 16.1. The van der Waals surface area contributed by atoms with Crippen molar-refractivity contribution >= 4 is 28.7 Å². The maximum Gasteiger partial charge on any atom is 0.290 e. The molecule has 2 aromatic carbocycles. The molecule has 2 aromatic heterocycles. The van der Waals surface area contributed by atoms with E-state index in [1.807, 2.05) is 30.3 Å². The summed E-state index contributed by atoms with van der Waals surface area (Å²) in [7, 11) is 1.50. The maximum absolute atomic E-state index is 12.6. The normalized spacial score (nSPS) is 10.8. The first-order valence-corrected chi connectivity index (χ1v) is 9.09. The minimum atomic E-state index is -0.389. The van der Waals surface area contributed by atoms with Crippen molar-refractivity contribution in [3.63, 3.8) is 0 Å². The summed E-state index contributed by atoms with van der Waals surface area (Å²) in [6.45, 7) is 0. The monoisotopic (exact) mass is 409 g/mol. The molecular weight excluding hydrogens is 394 g/mol. The predicted octanol–water partition coefficient (Wildman–Crippen LogP) is 2.93. The van der Waals surface area contributed by atoms with Crippen LogP contribution in [0, 0.1) is 0 Å². The lowest BCUT2D eigenvalue weighted by Gasteiger charge is -2.10. The van der Waals surface area contributed by atoms with Gasteiger partial charge in [-0.2, -0.15) is 10.2 Å². The first-order chi connectivity index (χ1) is 14.0. The molecule has 9 heteroatoms. The van der Waals surface area contributed by atoms with Crippen LogP contribution >= 0.6 is 11.6 Å². The molecule has 0 radical (unpaired) electrons. The number of benzene rings is 2. The Hall–Kier alpha value is -3.65. The van der Waals surface area contributed by atoms with Gasteiger partial charge < -0.3 is 10.1 Å². The number of hydrogen-bond donors (Lipinski definition) is 2. The number of nitrogens with zero attached hydrogens (tertiary/aromatic N) is 3. The van der Waals surface area contributed by atoms with Crippen LogP contribution in [0.1, 0.15) is 5.82 Å². The number of aromatic amines is 1. The van der Waals surface area contributed by atoms with Crippen molar-refractivity contribution in [2.45, 2.75) is 6.42 Å². The molecule has 0 bridgehead atoms. The van der Waals surface area contributed by atoms with Crippen LogP contribution in [0.4, 0.5) is 5.69 Å². The average molecular weight is 410 g/mol. The Kier molecular flexibility index (Phi) is 5.01. The summed E-state index contributed by atoms with van der Waals surface area (Å²) in [6.07, 6.45) is -0.112. The molecule has 4 aromatic rings. The van der Waals surface area contributed by atoms with Gasteiger partial charge >= 0.3 is 0 Å². The van der Waals surface area contributed by atoms with E-state index in [0.29, 0.717) is 33.5 Å². The minimum Gasteiger partial charge on any atom is -0.495 e. The second kappa shape index (κ2) is 7.76. The molecule has 0 aliphatic rings. The Morgan fingerprint density at radius 3 is 2.76 bits per heavy atom. The first-order valence-electron chi connectivity index (χ1n) is 8.71. The van der Waals surface area contributed by atoms with E-state index in [1.54, 1.807) is 24.3 Å². The molecule has 2 N–H and O–H groups in total. The Balaban J connectivity index is 1.65. The van der Waals surface area contributed by atoms with Crippen LogP contribution in [0.5, 0.6) is 5.75 Å². The largest absolute Gasteiger partial charge is 0.495 e. The van der Waals surface area contributed by atoms with E-state index < -0.39 is 0 Å². The SMILES string of the molecule is COc1ccc(Cl)cc1NC(=O)Cc1n[nH]c(=O)c2cc(-c3ccccc3)nn12. The fraction of sp³-hybridized carbons (Fsp3) is 0.100. The van der Waals surface area contributed by atoms with Crippen LogP contribution in [-0.4, -0.2) is 32.8 Å². The molecule has 1 amide bonds. The van der Waals surface area contributed by atoms with E-state index >= 15 is 0 Å². The lowest BCUT2D eigenvalue weighted by Crippen LogP contribution is -2.22. The van der Waals surface area contributed by atoms with E-state index in [1.165, 1.54) is 11.6 Å². The Bertz CT molecular complexity index is 1250. The number of hydrogen-bond acceptors (Lipinski definition) is 5. The van der Waals surface area contributed by atoms with Crippen LogP contribution in [0.25, 0.3) is 16.8 Å². The highest BCUT2D eigenvalue weighted by Crippen LogP contribution is 2.27. The number of H-pyrrole nitrogens is 1. The van der Waals surface area contributed by atoms with E-state index in [2.05, 4.69) is 20.6 Å². The summed E-state index contributed by atoms with van der Waals surface area (Å²) < 4.78 is 6.62. The molecule has 0 atom stereocenters. The first kappa shape index (κ1) is 18.7. The second-order valence-electron chi connectivity index (χ2n) is 6.23. The number of amides is 1. The van der Waals surface area contributed by atoms with Gasteiger partial charge in [-0.3, -0.25) is 9.59 Å². The molecule has 0 saturated carbocycles. The van der Waals surface area contributed by atoms with Gasteiger partial charge in [0, 0.05) is 10.6 Å². The molecule has 0 fully saturated rings. The van der Waals surface area contributed by atoms with E-state index in [-0.39, 0.29) is 17.9 Å². The van der Waals surface area contributed by atoms with Gasteiger partial charge in [0.05, 0.1) is 24.9 Å². The van der Waals surface area contributed by atoms with Gasteiger partial charge in [-0.25, -0.2) is 9.61 Å². The van der Waals surface area contributed by atoms with Gasteiger partial charge in [0.15, 0.2) is 5.82 Å². The molecule has 0 unspecified atom stereocenters. The van der Waals surface area contributed by atoms with Gasteiger partial charge in [-0.15, -0.1) is 0 Å². The topological polar surface area (TPSA) is 101 Å². The number of ether oxygens (including phenoxy) is 1. The van der Waals surface area contributed by atoms with E-state index in [0.717, 1.165) is 5.56 Å². The van der Waals surface area contributed by atoms with Crippen molar-refractivity contribution in [2.75, 3.05) is 12.4 Å². The number of aromatic nitrogens is 4. The highest BCUT2D eigenvalue weighted by molar-refractivity contribution is 6.31. The predicted molar refractivity (Wildman–Crippen MR) is 109 cm³/mol. The van der Waals surface area contributed by atoms with Crippen LogP contribution < -0.4 is 15.6 Å². The maximum atomic E-state index is 12.6. The number of halogens is 1. The third-order valence-electron chi connectivity index (χ3n) is 4.30. The van der Waals surface area contributed by atoms with Gasteiger partial charge in [-0.1, -0.05) is 41.9 Å². The molecule has 146 valence electrons. The van der Waals surface area contributed by atoms with E-state index in [9.17, 15) is 9.59 Å². The van der Waals surface area contributed by atoms with Crippen molar-refractivity contribution < 1.29 is 9.53 Å². The number of carbonyl (C=O) groups is 1. The summed E-state index contributed by atoms with van der Waals surface area (Å²) in [5.74, 6) is 0.413. The summed E-state index contributed by atoms with van der Waals surface area (Å²) in [5, 5.41) is 14.1. The smallest absolute Gasteiger partial charge is 0.290 e. The molecule has 2 heterocycles. The number of carbonyl (C=O) groups excluding carboxylic acids is 1. The van der Waals surface area contributed by atoms with Crippen molar-refractivity contribution in [3.05, 3.63) is 75.8 Å². The van der Waals surface area contributed by atoms with Crippen molar-refractivity contribution in [3.8, 4) is 17.0 Å². The van der Waals surface area contributed by atoms with Gasteiger partial charge in [0.25, 0.3) is 5.56 Å². The van der Waals surface area contributed by atoms with Crippen LogP contribution in [0.3, 0.4) is 0 Å².